The highest BCUT2D eigenvalue weighted by Gasteiger charge is 2.37. The van der Waals surface area contributed by atoms with Crippen LogP contribution in [0.3, 0.4) is 0 Å². The molecule has 1 atom stereocenters. The molecule has 2 rings (SSSR count). The molecule has 98 valence electrons. The third-order valence-electron chi connectivity index (χ3n) is 3.32. The number of hydrogen-bond acceptors (Lipinski definition) is 3. The molecule has 1 N–H and O–H groups in total. The predicted octanol–water partition coefficient (Wildman–Crippen LogP) is 1.70. The van der Waals surface area contributed by atoms with Crippen molar-refractivity contribution in [2.24, 2.45) is 0 Å². The van der Waals surface area contributed by atoms with E-state index in [2.05, 4.69) is 10.3 Å². The molecule has 0 saturated carbocycles. The molecular formula is C14H20N2O2. The maximum atomic E-state index is 11.9. The van der Waals surface area contributed by atoms with E-state index in [-0.39, 0.29) is 5.91 Å². The number of nitrogens with zero attached hydrogens (tertiary/aromatic N) is 1. The quantitative estimate of drug-likeness (QED) is 0.807. The van der Waals surface area contributed by atoms with Crippen LogP contribution >= 0.6 is 0 Å². The van der Waals surface area contributed by atoms with E-state index < -0.39 is 5.60 Å². The first-order valence-corrected chi connectivity index (χ1v) is 6.53. The number of ether oxygens (including phenoxy) is 1. The Balaban J connectivity index is 1.68. The van der Waals surface area contributed by atoms with Gasteiger partial charge < -0.3 is 10.1 Å². The molecule has 0 radical (unpaired) electrons. The SMILES string of the molecule is CC1(C(=O)NCCCc2ccccn2)CCCO1. The van der Waals surface area contributed by atoms with Gasteiger partial charge in [-0.25, -0.2) is 0 Å². The fraction of sp³-hybridized carbons (Fsp3) is 0.571. The molecule has 0 aromatic carbocycles. The fourth-order valence-corrected chi connectivity index (χ4v) is 2.16. The van der Waals surface area contributed by atoms with Crippen LogP contribution < -0.4 is 5.32 Å². The van der Waals surface area contributed by atoms with Gasteiger partial charge >= 0.3 is 0 Å². The van der Waals surface area contributed by atoms with Crippen molar-refractivity contribution in [2.45, 2.75) is 38.2 Å². The first-order chi connectivity index (χ1) is 8.71. The van der Waals surface area contributed by atoms with Gasteiger partial charge in [-0.05, 0) is 44.7 Å². The zero-order valence-electron chi connectivity index (χ0n) is 10.8. The van der Waals surface area contributed by atoms with Crippen LogP contribution in [0.1, 0.15) is 31.9 Å². The minimum atomic E-state index is -0.606. The van der Waals surface area contributed by atoms with E-state index >= 15 is 0 Å². The Kier molecular flexibility index (Phi) is 4.31. The average Bonchev–Trinajstić information content (AvgIpc) is 2.84. The van der Waals surface area contributed by atoms with Crippen molar-refractivity contribution in [2.75, 3.05) is 13.2 Å². The highest BCUT2D eigenvalue weighted by molar-refractivity contribution is 5.84. The molecule has 1 unspecified atom stereocenters. The van der Waals surface area contributed by atoms with Crippen molar-refractivity contribution in [1.29, 1.82) is 0 Å². The van der Waals surface area contributed by atoms with Gasteiger partial charge in [0.1, 0.15) is 5.60 Å². The lowest BCUT2D eigenvalue weighted by atomic mass is 10.0. The second-order valence-electron chi connectivity index (χ2n) is 4.86. The fourth-order valence-electron chi connectivity index (χ4n) is 2.16. The Bertz CT molecular complexity index is 386. The molecule has 0 bridgehead atoms. The second kappa shape index (κ2) is 5.96. The molecule has 1 aliphatic heterocycles. The number of carbonyl (C=O) groups excluding carboxylic acids is 1. The summed E-state index contributed by atoms with van der Waals surface area (Å²) in [7, 11) is 0. The number of carbonyl (C=O) groups is 1. The molecule has 18 heavy (non-hydrogen) atoms. The number of amides is 1. The van der Waals surface area contributed by atoms with Crippen molar-refractivity contribution in [3.63, 3.8) is 0 Å². The lowest BCUT2D eigenvalue weighted by Gasteiger charge is -2.21. The minimum absolute atomic E-state index is 0.0148. The summed E-state index contributed by atoms with van der Waals surface area (Å²) in [5.74, 6) is 0.0148. The van der Waals surface area contributed by atoms with E-state index in [9.17, 15) is 4.79 Å². The molecule has 1 amide bonds. The normalized spacial score (nSPS) is 22.9. The molecule has 4 nitrogen and oxygen atoms in total. The molecule has 1 aliphatic rings. The smallest absolute Gasteiger partial charge is 0.251 e. The van der Waals surface area contributed by atoms with Crippen molar-refractivity contribution >= 4 is 5.91 Å². The number of aryl methyl sites for hydroxylation is 1. The van der Waals surface area contributed by atoms with Crippen LogP contribution in [0.2, 0.25) is 0 Å². The number of rotatable bonds is 5. The lowest BCUT2D eigenvalue weighted by molar-refractivity contribution is -0.139. The first kappa shape index (κ1) is 13.0. The first-order valence-electron chi connectivity index (χ1n) is 6.53. The summed E-state index contributed by atoms with van der Waals surface area (Å²) in [4.78, 5) is 16.2. The molecule has 1 aromatic heterocycles. The molecule has 1 saturated heterocycles. The van der Waals surface area contributed by atoms with Crippen LogP contribution in [0.25, 0.3) is 0 Å². The zero-order valence-corrected chi connectivity index (χ0v) is 10.8. The molecule has 1 fully saturated rings. The highest BCUT2D eigenvalue weighted by atomic mass is 16.5. The highest BCUT2D eigenvalue weighted by Crippen LogP contribution is 2.24. The Hall–Kier alpha value is -1.42. The number of aromatic nitrogens is 1. The van der Waals surface area contributed by atoms with Crippen LogP contribution in [0.5, 0.6) is 0 Å². The van der Waals surface area contributed by atoms with Crippen LogP contribution in [-0.2, 0) is 16.0 Å². The van der Waals surface area contributed by atoms with E-state index in [1.165, 1.54) is 0 Å². The summed E-state index contributed by atoms with van der Waals surface area (Å²) in [6, 6.07) is 5.89. The summed E-state index contributed by atoms with van der Waals surface area (Å²) < 4.78 is 5.49. The Morgan fingerprint density at radius 2 is 2.44 bits per heavy atom. The van der Waals surface area contributed by atoms with Crippen molar-refractivity contribution in [1.82, 2.24) is 10.3 Å². The largest absolute Gasteiger partial charge is 0.365 e. The molecule has 0 spiro atoms. The Morgan fingerprint density at radius 1 is 1.56 bits per heavy atom. The second-order valence-corrected chi connectivity index (χ2v) is 4.86. The van der Waals surface area contributed by atoms with Gasteiger partial charge in [-0.1, -0.05) is 6.07 Å². The van der Waals surface area contributed by atoms with Gasteiger partial charge in [-0.15, -0.1) is 0 Å². The van der Waals surface area contributed by atoms with Gasteiger partial charge in [0.15, 0.2) is 0 Å². The standard InChI is InChI=1S/C14H20N2O2/c1-14(8-5-11-18-14)13(17)16-10-4-7-12-6-2-3-9-15-12/h2-3,6,9H,4-5,7-8,10-11H2,1H3,(H,16,17). The van der Waals surface area contributed by atoms with Gasteiger partial charge in [0.25, 0.3) is 5.91 Å². The van der Waals surface area contributed by atoms with E-state index in [0.29, 0.717) is 13.2 Å². The van der Waals surface area contributed by atoms with Crippen molar-refractivity contribution < 1.29 is 9.53 Å². The Morgan fingerprint density at radius 3 is 3.11 bits per heavy atom. The van der Waals surface area contributed by atoms with Gasteiger partial charge in [0.2, 0.25) is 0 Å². The maximum Gasteiger partial charge on any atom is 0.251 e. The monoisotopic (exact) mass is 248 g/mol. The predicted molar refractivity (Wildman–Crippen MR) is 69.2 cm³/mol. The maximum absolute atomic E-state index is 11.9. The van der Waals surface area contributed by atoms with Crippen molar-refractivity contribution in [3.8, 4) is 0 Å². The van der Waals surface area contributed by atoms with E-state index in [1.54, 1.807) is 6.20 Å². The van der Waals surface area contributed by atoms with Gasteiger partial charge in [0, 0.05) is 25.0 Å². The summed E-state index contributed by atoms with van der Waals surface area (Å²) in [5, 5.41) is 2.94. The van der Waals surface area contributed by atoms with Crippen LogP contribution in [-0.4, -0.2) is 29.6 Å². The molecule has 0 aliphatic carbocycles. The molecule has 4 heteroatoms. The molecule has 1 aromatic rings. The summed E-state index contributed by atoms with van der Waals surface area (Å²) in [5.41, 5.74) is 0.459. The van der Waals surface area contributed by atoms with Crippen LogP contribution in [0.15, 0.2) is 24.4 Å². The topological polar surface area (TPSA) is 51.2 Å². The zero-order chi connectivity index (χ0) is 12.8. The molecule has 2 heterocycles. The Labute approximate surface area is 108 Å². The minimum Gasteiger partial charge on any atom is -0.365 e. The van der Waals surface area contributed by atoms with Gasteiger partial charge in [0.05, 0.1) is 0 Å². The summed E-state index contributed by atoms with van der Waals surface area (Å²) in [6.07, 6.45) is 5.37. The number of nitrogens with one attached hydrogen (secondary N) is 1. The van der Waals surface area contributed by atoms with Gasteiger partial charge in [-0.2, -0.15) is 0 Å². The van der Waals surface area contributed by atoms with E-state index in [1.807, 2.05) is 25.1 Å². The van der Waals surface area contributed by atoms with E-state index in [4.69, 9.17) is 4.74 Å². The average molecular weight is 248 g/mol. The summed E-state index contributed by atoms with van der Waals surface area (Å²) in [6.45, 7) is 3.24. The van der Waals surface area contributed by atoms with Crippen LogP contribution in [0, 0.1) is 0 Å². The van der Waals surface area contributed by atoms with Gasteiger partial charge in [-0.3, -0.25) is 9.78 Å². The number of pyridine rings is 1. The molecular weight excluding hydrogens is 228 g/mol. The lowest BCUT2D eigenvalue weighted by Crippen LogP contribution is -2.44. The summed E-state index contributed by atoms with van der Waals surface area (Å²) >= 11 is 0. The third-order valence-corrected chi connectivity index (χ3v) is 3.32. The van der Waals surface area contributed by atoms with Crippen molar-refractivity contribution in [3.05, 3.63) is 30.1 Å². The van der Waals surface area contributed by atoms with E-state index in [0.717, 1.165) is 31.4 Å². The van der Waals surface area contributed by atoms with Crippen LogP contribution in [0.4, 0.5) is 0 Å². The number of hydrogen-bond donors (Lipinski definition) is 1. The third kappa shape index (κ3) is 3.29.